The van der Waals surface area contributed by atoms with Crippen LogP contribution in [0.2, 0.25) is 0 Å². The van der Waals surface area contributed by atoms with Crippen LogP contribution in [-0.2, 0) is 30.9 Å². The molecule has 0 amide bonds. The number of aryl methyl sites for hydroxylation is 1. The lowest BCUT2D eigenvalue weighted by atomic mass is 10.1. The maximum Gasteiger partial charge on any atom is 0.191 e. The summed E-state index contributed by atoms with van der Waals surface area (Å²) in [5.74, 6) is 0.819. The van der Waals surface area contributed by atoms with E-state index in [-0.39, 0.29) is 0 Å². The quantitative estimate of drug-likeness (QED) is 0.566. The predicted octanol–water partition coefficient (Wildman–Crippen LogP) is 3.71. The third kappa shape index (κ3) is 5.98. The molecule has 1 aromatic carbocycles. The first-order valence-electron chi connectivity index (χ1n) is 8.42. The van der Waals surface area contributed by atoms with Gasteiger partial charge in [-0.2, -0.15) is 0 Å². The average molecular weight is 346 g/mol. The monoisotopic (exact) mass is 345 g/mol. The summed E-state index contributed by atoms with van der Waals surface area (Å²) in [6.07, 6.45) is 1.09. The predicted molar refractivity (Wildman–Crippen MR) is 103 cm³/mol. The van der Waals surface area contributed by atoms with Crippen molar-refractivity contribution in [3.63, 3.8) is 0 Å². The first-order chi connectivity index (χ1) is 11.7. The maximum atomic E-state index is 5.42. The molecule has 0 saturated carbocycles. The van der Waals surface area contributed by atoms with Crippen LogP contribution in [0.5, 0.6) is 0 Å². The van der Waals surface area contributed by atoms with Crippen molar-refractivity contribution in [1.82, 2.24) is 10.6 Å². The van der Waals surface area contributed by atoms with Crippen LogP contribution >= 0.6 is 11.3 Å². The van der Waals surface area contributed by atoms with Crippen LogP contribution in [0.4, 0.5) is 0 Å². The largest absolute Gasteiger partial charge is 0.377 e. The highest BCUT2D eigenvalue weighted by Crippen LogP contribution is 2.16. The summed E-state index contributed by atoms with van der Waals surface area (Å²) in [5, 5.41) is 6.71. The number of rotatable bonds is 8. The van der Waals surface area contributed by atoms with Crippen molar-refractivity contribution in [2.45, 2.75) is 40.0 Å². The minimum atomic E-state index is 0.675. The normalized spacial score (nSPS) is 11.5. The van der Waals surface area contributed by atoms with Gasteiger partial charge in [0.2, 0.25) is 0 Å². The number of benzene rings is 1. The van der Waals surface area contributed by atoms with Crippen molar-refractivity contribution in [3.05, 3.63) is 57.3 Å². The summed E-state index contributed by atoms with van der Waals surface area (Å²) >= 11 is 1.85. The van der Waals surface area contributed by atoms with Gasteiger partial charge in [-0.15, -0.1) is 11.3 Å². The maximum absolute atomic E-state index is 5.42. The average Bonchev–Trinajstić information content (AvgIpc) is 3.09. The topological polar surface area (TPSA) is 45.6 Å². The number of ether oxygens (including phenoxy) is 1. The van der Waals surface area contributed by atoms with Crippen molar-refractivity contribution >= 4 is 17.3 Å². The van der Waals surface area contributed by atoms with Crippen LogP contribution in [0.1, 0.15) is 34.7 Å². The van der Waals surface area contributed by atoms with Crippen LogP contribution in [0, 0.1) is 0 Å². The van der Waals surface area contributed by atoms with E-state index in [1.165, 1.54) is 20.9 Å². The molecule has 4 nitrogen and oxygen atoms in total. The zero-order valence-electron chi connectivity index (χ0n) is 14.8. The lowest BCUT2D eigenvalue weighted by Crippen LogP contribution is -2.36. The van der Waals surface area contributed by atoms with Crippen molar-refractivity contribution in [2.75, 3.05) is 13.7 Å². The minimum absolute atomic E-state index is 0.675. The molecule has 2 rings (SSSR count). The molecule has 1 aromatic heterocycles. The summed E-state index contributed by atoms with van der Waals surface area (Å²) in [4.78, 5) is 7.03. The molecule has 2 N–H and O–H groups in total. The highest BCUT2D eigenvalue weighted by molar-refractivity contribution is 7.11. The van der Waals surface area contributed by atoms with Crippen LogP contribution < -0.4 is 10.6 Å². The Hall–Kier alpha value is -1.85. The summed E-state index contributed by atoms with van der Waals surface area (Å²) < 4.78 is 5.42. The molecule has 0 spiro atoms. The van der Waals surface area contributed by atoms with E-state index in [4.69, 9.17) is 4.74 Å². The van der Waals surface area contributed by atoms with Gasteiger partial charge in [0.05, 0.1) is 13.2 Å². The molecule has 5 heteroatoms. The van der Waals surface area contributed by atoms with Gasteiger partial charge in [0.25, 0.3) is 0 Å². The Kier molecular flexibility index (Phi) is 7.79. The Morgan fingerprint density at radius 2 is 1.62 bits per heavy atom. The SMILES string of the molecule is CCOCc1ccc(CNC(=NC)NCc2ccc(CC)s2)cc1. The van der Waals surface area contributed by atoms with Gasteiger partial charge in [0, 0.05) is 30.0 Å². The second kappa shape index (κ2) is 10.1. The number of aliphatic imine (C=N–C) groups is 1. The molecule has 0 saturated heterocycles. The molecule has 0 aliphatic rings. The molecule has 0 radical (unpaired) electrons. The van der Waals surface area contributed by atoms with E-state index in [1.807, 2.05) is 18.3 Å². The molecule has 0 aliphatic carbocycles. The first-order valence-corrected chi connectivity index (χ1v) is 9.24. The summed E-state index contributed by atoms with van der Waals surface area (Å²) in [7, 11) is 1.80. The number of hydrogen-bond acceptors (Lipinski definition) is 3. The van der Waals surface area contributed by atoms with Gasteiger partial charge in [-0.25, -0.2) is 0 Å². The Labute approximate surface area is 149 Å². The van der Waals surface area contributed by atoms with E-state index in [0.29, 0.717) is 6.61 Å². The smallest absolute Gasteiger partial charge is 0.191 e. The molecule has 0 aliphatic heterocycles. The Morgan fingerprint density at radius 1 is 0.958 bits per heavy atom. The second-order valence-electron chi connectivity index (χ2n) is 5.45. The third-order valence-electron chi connectivity index (χ3n) is 3.68. The van der Waals surface area contributed by atoms with E-state index in [0.717, 1.165) is 32.1 Å². The van der Waals surface area contributed by atoms with E-state index < -0.39 is 0 Å². The first kappa shape index (κ1) is 18.5. The Bertz CT molecular complexity index is 634. The highest BCUT2D eigenvalue weighted by atomic mass is 32.1. The van der Waals surface area contributed by atoms with Gasteiger partial charge < -0.3 is 15.4 Å². The lowest BCUT2D eigenvalue weighted by Gasteiger charge is -2.11. The molecular weight excluding hydrogens is 318 g/mol. The van der Waals surface area contributed by atoms with Gasteiger partial charge in [-0.3, -0.25) is 4.99 Å². The lowest BCUT2D eigenvalue weighted by molar-refractivity contribution is 0.134. The number of thiophene rings is 1. The Morgan fingerprint density at radius 3 is 2.25 bits per heavy atom. The van der Waals surface area contributed by atoms with Crippen molar-refractivity contribution in [3.8, 4) is 0 Å². The van der Waals surface area contributed by atoms with Crippen molar-refractivity contribution in [2.24, 2.45) is 4.99 Å². The summed E-state index contributed by atoms with van der Waals surface area (Å²) in [6.45, 7) is 7.17. The van der Waals surface area contributed by atoms with Crippen LogP contribution in [0.3, 0.4) is 0 Å². The van der Waals surface area contributed by atoms with Crippen molar-refractivity contribution in [1.29, 1.82) is 0 Å². The van der Waals surface area contributed by atoms with E-state index in [1.54, 1.807) is 7.05 Å². The van der Waals surface area contributed by atoms with Gasteiger partial charge in [-0.05, 0) is 36.6 Å². The van der Waals surface area contributed by atoms with E-state index in [2.05, 4.69) is 58.9 Å². The van der Waals surface area contributed by atoms with Crippen LogP contribution in [-0.4, -0.2) is 19.6 Å². The molecule has 130 valence electrons. The second-order valence-corrected chi connectivity index (χ2v) is 6.71. The van der Waals surface area contributed by atoms with Gasteiger partial charge >= 0.3 is 0 Å². The molecule has 24 heavy (non-hydrogen) atoms. The number of guanidine groups is 1. The Balaban J connectivity index is 1.78. The summed E-state index contributed by atoms with van der Waals surface area (Å²) in [6, 6.07) is 12.9. The fraction of sp³-hybridized carbons (Fsp3) is 0.421. The molecule has 0 unspecified atom stereocenters. The zero-order chi connectivity index (χ0) is 17.2. The van der Waals surface area contributed by atoms with E-state index in [9.17, 15) is 0 Å². The summed E-state index contributed by atoms with van der Waals surface area (Å²) in [5.41, 5.74) is 2.43. The van der Waals surface area contributed by atoms with Gasteiger partial charge in [0.1, 0.15) is 0 Å². The van der Waals surface area contributed by atoms with Crippen LogP contribution in [0.25, 0.3) is 0 Å². The van der Waals surface area contributed by atoms with Crippen molar-refractivity contribution < 1.29 is 4.74 Å². The molecule has 1 heterocycles. The van der Waals surface area contributed by atoms with Crippen LogP contribution in [0.15, 0.2) is 41.4 Å². The van der Waals surface area contributed by atoms with Gasteiger partial charge in [-0.1, -0.05) is 31.2 Å². The number of hydrogen-bond donors (Lipinski definition) is 2. The highest BCUT2D eigenvalue weighted by Gasteiger charge is 2.02. The molecule has 2 aromatic rings. The molecule has 0 bridgehead atoms. The zero-order valence-corrected chi connectivity index (χ0v) is 15.6. The van der Waals surface area contributed by atoms with E-state index >= 15 is 0 Å². The minimum Gasteiger partial charge on any atom is -0.377 e. The number of nitrogens with one attached hydrogen (secondary N) is 2. The fourth-order valence-electron chi connectivity index (χ4n) is 2.26. The number of nitrogens with zero attached hydrogens (tertiary/aromatic N) is 1. The molecule has 0 fully saturated rings. The standard InChI is InChI=1S/C19H27N3OS/c1-4-17-10-11-18(24-17)13-22-19(20-3)21-12-15-6-8-16(9-7-15)14-23-5-2/h6-11H,4-5,12-14H2,1-3H3,(H2,20,21,22). The molecular formula is C19H27N3OS. The molecule has 0 atom stereocenters. The van der Waals surface area contributed by atoms with Gasteiger partial charge in [0.15, 0.2) is 5.96 Å². The third-order valence-corrected chi connectivity index (χ3v) is 4.90. The fourth-order valence-corrected chi connectivity index (χ4v) is 3.16.